The van der Waals surface area contributed by atoms with Crippen LogP contribution in [0.1, 0.15) is 53.6 Å². The van der Waals surface area contributed by atoms with Crippen LogP contribution in [0.5, 0.6) is 0 Å². The summed E-state index contributed by atoms with van der Waals surface area (Å²) < 4.78 is 39.5. The molecule has 0 aromatic heterocycles. The summed E-state index contributed by atoms with van der Waals surface area (Å²) in [6.07, 6.45) is 0.0674. The van der Waals surface area contributed by atoms with Crippen LogP contribution in [0.3, 0.4) is 0 Å². The Balaban J connectivity index is 1.05. The number of amides is 1. The number of benzene rings is 4. The van der Waals surface area contributed by atoms with Gasteiger partial charge < -0.3 is 15.5 Å². The number of alkyl halides is 3. The lowest BCUT2D eigenvalue weighted by Gasteiger charge is -2.34. The van der Waals surface area contributed by atoms with Crippen LogP contribution in [0.4, 0.5) is 13.2 Å². The first-order valence-corrected chi connectivity index (χ1v) is 16.5. The monoisotopic (exact) mass is 645 g/mol. The Hall–Kier alpha value is -3.65. The van der Waals surface area contributed by atoms with Crippen molar-refractivity contribution in [3.63, 3.8) is 0 Å². The van der Waals surface area contributed by atoms with Gasteiger partial charge in [0.15, 0.2) is 0 Å². The maximum atomic E-state index is 13.4. The molecule has 2 aliphatic rings. The Bertz CT molecular complexity index is 1610. The molecule has 4 aromatic rings. The van der Waals surface area contributed by atoms with Crippen molar-refractivity contribution in [1.82, 2.24) is 15.5 Å². The lowest BCUT2D eigenvalue weighted by Crippen LogP contribution is -2.45. The number of hydrogen-bond acceptors (Lipinski definition) is 3. The van der Waals surface area contributed by atoms with Crippen molar-refractivity contribution in [3.05, 3.63) is 119 Å². The lowest BCUT2D eigenvalue weighted by molar-refractivity contribution is -0.125. The Labute approximate surface area is 274 Å². The third kappa shape index (κ3) is 7.17. The molecule has 4 aromatic carbocycles. The van der Waals surface area contributed by atoms with E-state index in [1.54, 1.807) is 6.07 Å². The molecule has 1 fully saturated rings. The first-order valence-electron chi connectivity index (χ1n) is 16.1. The van der Waals surface area contributed by atoms with Gasteiger partial charge in [-0.2, -0.15) is 13.2 Å². The number of fused-ring (bicyclic) bond motifs is 3. The molecule has 2 N–H and O–H groups in total. The molecule has 1 heterocycles. The normalized spacial score (nSPS) is 16.2. The van der Waals surface area contributed by atoms with Crippen molar-refractivity contribution in [3.8, 4) is 22.3 Å². The summed E-state index contributed by atoms with van der Waals surface area (Å²) in [6, 6.07) is 31.7. The van der Waals surface area contributed by atoms with E-state index in [1.807, 2.05) is 66.7 Å². The standard InChI is InChI=1S/C38H39ClF3N3O/c39-28-16-17-30(27-10-2-1-3-11-27)33(24-28)36(46)44-29-18-22-45(23-19-29)21-9-8-20-37(25-43-26-38(40,41)42)34-14-6-4-12-31(34)32-13-5-7-15-35(32)37/h1-7,10-17,24,29,43H,8-9,18-23,25-26H2,(H,44,46). The van der Waals surface area contributed by atoms with Gasteiger partial charge in [-0.1, -0.05) is 103 Å². The summed E-state index contributed by atoms with van der Waals surface area (Å²) >= 11 is 6.28. The molecule has 0 bridgehead atoms. The fourth-order valence-electron chi connectivity index (χ4n) is 7.28. The molecule has 8 heteroatoms. The molecule has 0 saturated carbocycles. The summed E-state index contributed by atoms with van der Waals surface area (Å²) in [5.41, 5.74) is 6.36. The summed E-state index contributed by atoms with van der Waals surface area (Å²) in [7, 11) is 0. The minimum Gasteiger partial charge on any atom is -0.349 e. The second kappa shape index (κ2) is 14.0. The topological polar surface area (TPSA) is 44.4 Å². The average Bonchev–Trinajstić information content (AvgIpc) is 3.33. The van der Waals surface area contributed by atoms with Crippen molar-refractivity contribution in [2.45, 2.75) is 49.7 Å². The highest BCUT2D eigenvalue weighted by Crippen LogP contribution is 2.51. The highest BCUT2D eigenvalue weighted by atomic mass is 35.5. The SMILES string of the molecule is O=C(NC1CCN(CCCCC2(CNCC(F)(F)F)c3ccccc3-c3ccccc32)CC1)c1cc(Cl)ccc1-c1ccccc1. The highest BCUT2D eigenvalue weighted by Gasteiger charge is 2.43. The Morgan fingerprint density at radius 3 is 2.11 bits per heavy atom. The fraction of sp³-hybridized carbons (Fsp3) is 0.342. The van der Waals surface area contributed by atoms with Gasteiger partial charge in [0.2, 0.25) is 0 Å². The van der Waals surface area contributed by atoms with Crippen LogP contribution in [0.2, 0.25) is 5.02 Å². The van der Waals surface area contributed by atoms with E-state index in [9.17, 15) is 18.0 Å². The van der Waals surface area contributed by atoms with Crippen molar-refractivity contribution in [2.24, 2.45) is 0 Å². The zero-order chi connectivity index (χ0) is 32.1. The number of nitrogens with zero attached hydrogens (tertiary/aromatic N) is 1. The Morgan fingerprint density at radius 1 is 0.826 bits per heavy atom. The molecule has 0 radical (unpaired) electrons. The van der Waals surface area contributed by atoms with Crippen LogP contribution >= 0.6 is 11.6 Å². The summed E-state index contributed by atoms with van der Waals surface area (Å²) in [5, 5.41) is 6.52. The van der Waals surface area contributed by atoms with Crippen LogP contribution in [0, 0.1) is 0 Å². The Morgan fingerprint density at radius 2 is 1.46 bits per heavy atom. The Kier molecular flexibility index (Phi) is 9.83. The predicted octanol–water partition coefficient (Wildman–Crippen LogP) is 8.49. The molecule has 1 aliphatic carbocycles. The summed E-state index contributed by atoms with van der Waals surface area (Å²) in [6.45, 7) is 1.92. The molecule has 6 rings (SSSR count). The number of halogens is 4. The largest absolute Gasteiger partial charge is 0.401 e. The smallest absolute Gasteiger partial charge is 0.349 e. The molecule has 0 spiro atoms. The van der Waals surface area contributed by atoms with Gasteiger partial charge in [-0.25, -0.2) is 0 Å². The van der Waals surface area contributed by atoms with Crippen LogP contribution in [-0.4, -0.2) is 55.7 Å². The number of rotatable bonds is 11. The molecule has 1 aliphatic heterocycles. The van der Waals surface area contributed by atoms with E-state index in [0.717, 1.165) is 85.1 Å². The van der Waals surface area contributed by atoms with Gasteiger partial charge in [-0.3, -0.25) is 4.79 Å². The van der Waals surface area contributed by atoms with E-state index in [1.165, 1.54) is 0 Å². The molecular weight excluding hydrogens is 607 g/mol. The number of hydrogen-bond donors (Lipinski definition) is 2. The van der Waals surface area contributed by atoms with E-state index in [4.69, 9.17) is 11.6 Å². The molecule has 1 saturated heterocycles. The van der Waals surface area contributed by atoms with E-state index >= 15 is 0 Å². The first-order chi connectivity index (χ1) is 22.2. The molecule has 240 valence electrons. The van der Waals surface area contributed by atoms with Gasteiger partial charge in [0, 0.05) is 41.7 Å². The van der Waals surface area contributed by atoms with E-state index in [2.05, 4.69) is 39.8 Å². The number of piperidine rings is 1. The lowest BCUT2D eigenvalue weighted by atomic mass is 9.74. The first kappa shape index (κ1) is 32.3. The minimum absolute atomic E-state index is 0.0841. The molecule has 46 heavy (non-hydrogen) atoms. The van der Waals surface area contributed by atoms with Gasteiger partial charge in [0.1, 0.15) is 0 Å². The van der Waals surface area contributed by atoms with Crippen LogP contribution in [-0.2, 0) is 5.41 Å². The maximum absolute atomic E-state index is 13.4. The number of carbonyl (C=O) groups is 1. The van der Waals surface area contributed by atoms with Crippen molar-refractivity contribution < 1.29 is 18.0 Å². The number of unbranched alkanes of at least 4 members (excludes halogenated alkanes) is 1. The molecule has 0 atom stereocenters. The van der Waals surface area contributed by atoms with Gasteiger partial charge in [0.25, 0.3) is 5.91 Å². The van der Waals surface area contributed by atoms with E-state index < -0.39 is 18.1 Å². The third-order valence-electron chi connectivity index (χ3n) is 9.49. The van der Waals surface area contributed by atoms with E-state index in [0.29, 0.717) is 10.6 Å². The minimum atomic E-state index is -4.26. The van der Waals surface area contributed by atoms with Gasteiger partial charge in [-0.05, 0) is 77.7 Å². The second-order valence-corrected chi connectivity index (χ2v) is 12.9. The molecule has 4 nitrogen and oxygen atoms in total. The average molecular weight is 646 g/mol. The van der Waals surface area contributed by atoms with Gasteiger partial charge in [0.05, 0.1) is 6.54 Å². The van der Waals surface area contributed by atoms with Crippen LogP contribution in [0.15, 0.2) is 97.1 Å². The highest BCUT2D eigenvalue weighted by molar-refractivity contribution is 6.31. The fourth-order valence-corrected chi connectivity index (χ4v) is 7.45. The van der Waals surface area contributed by atoms with Gasteiger partial charge >= 0.3 is 6.18 Å². The number of likely N-dealkylation sites (tertiary alicyclic amines) is 1. The second-order valence-electron chi connectivity index (χ2n) is 12.5. The van der Waals surface area contributed by atoms with Crippen LogP contribution in [0.25, 0.3) is 22.3 Å². The van der Waals surface area contributed by atoms with Crippen molar-refractivity contribution >= 4 is 17.5 Å². The number of carbonyl (C=O) groups excluding carboxylic acids is 1. The van der Waals surface area contributed by atoms with Crippen molar-refractivity contribution in [1.29, 1.82) is 0 Å². The van der Waals surface area contributed by atoms with E-state index in [-0.39, 0.29) is 18.5 Å². The maximum Gasteiger partial charge on any atom is 0.401 e. The molecule has 0 unspecified atom stereocenters. The summed E-state index contributed by atoms with van der Waals surface area (Å²) in [5.74, 6) is -0.110. The predicted molar refractivity (Wildman–Crippen MR) is 179 cm³/mol. The third-order valence-corrected chi connectivity index (χ3v) is 9.72. The quantitative estimate of drug-likeness (QED) is 0.161. The zero-order valence-electron chi connectivity index (χ0n) is 25.8. The zero-order valence-corrected chi connectivity index (χ0v) is 26.5. The molecular formula is C38H39ClF3N3O. The van der Waals surface area contributed by atoms with Gasteiger partial charge in [-0.15, -0.1) is 0 Å². The number of nitrogens with one attached hydrogen (secondary N) is 2. The molecule has 1 amide bonds. The van der Waals surface area contributed by atoms with Crippen LogP contribution < -0.4 is 10.6 Å². The van der Waals surface area contributed by atoms with Crippen molar-refractivity contribution in [2.75, 3.05) is 32.7 Å². The summed E-state index contributed by atoms with van der Waals surface area (Å²) in [4.78, 5) is 15.8.